The van der Waals surface area contributed by atoms with Crippen molar-refractivity contribution in [3.63, 3.8) is 0 Å². The molecule has 1 amide bonds. The topological polar surface area (TPSA) is 79.4 Å². The summed E-state index contributed by atoms with van der Waals surface area (Å²) >= 11 is 1.57. The number of carbonyl (C=O) groups is 1. The molecule has 8 heteroatoms. The molecular weight excluding hydrogens is 310 g/mol. The molecule has 1 fully saturated rings. The van der Waals surface area contributed by atoms with E-state index >= 15 is 0 Å². The summed E-state index contributed by atoms with van der Waals surface area (Å²) in [6.45, 7) is 1.11. The molecule has 21 heavy (non-hydrogen) atoms. The molecule has 3 rings (SSSR count). The second-order valence-electron chi connectivity index (χ2n) is 5.57. The van der Waals surface area contributed by atoms with Gasteiger partial charge in [0.25, 0.3) is 0 Å². The van der Waals surface area contributed by atoms with Crippen molar-refractivity contribution in [3.05, 3.63) is 10.6 Å². The van der Waals surface area contributed by atoms with Gasteiger partial charge in [0, 0.05) is 18.0 Å². The van der Waals surface area contributed by atoms with Crippen LogP contribution < -0.4 is 5.32 Å². The molecule has 1 saturated heterocycles. The number of anilines is 1. The molecule has 0 aromatic carbocycles. The molecule has 6 nitrogen and oxygen atoms in total. The Morgan fingerprint density at radius 2 is 1.95 bits per heavy atom. The molecule has 0 atom stereocenters. The average Bonchev–Trinajstić information content (AvgIpc) is 2.83. The first-order valence-electron chi connectivity index (χ1n) is 7.23. The highest BCUT2D eigenvalue weighted by Crippen LogP contribution is 2.29. The monoisotopic (exact) mass is 329 g/mol. The molecule has 2 aliphatic rings. The minimum atomic E-state index is -2.90. The Bertz CT molecular complexity index is 602. The molecule has 1 aliphatic carbocycles. The van der Waals surface area contributed by atoms with Crippen molar-refractivity contribution in [1.29, 1.82) is 0 Å². The van der Waals surface area contributed by atoms with Crippen LogP contribution in [-0.4, -0.2) is 55.3 Å². The number of nitrogens with one attached hydrogen (secondary N) is 1. The quantitative estimate of drug-likeness (QED) is 0.883. The molecule has 2 heterocycles. The van der Waals surface area contributed by atoms with Gasteiger partial charge in [-0.1, -0.05) is 0 Å². The van der Waals surface area contributed by atoms with Crippen LogP contribution in [0.3, 0.4) is 0 Å². The first kappa shape index (κ1) is 14.9. The Morgan fingerprint density at radius 1 is 1.24 bits per heavy atom. The zero-order valence-electron chi connectivity index (χ0n) is 11.8. The molecule has 0 spiro atoms. The van der Waals surface area contributed by atoms with Crippen molar-refractivity contribution in [2.24, 2.45) is 0 Å². The minimum absolute atomic E-state index is 0.111. The Labute approximate surface area is 128 Å². The zero-order chi connectivity index (χ0) is 14.9. The molecule has 1 aromatic rings. The third-order valence-corrected chi connectivity index (χ3v) is 6.58. The number of rotatable bonds is 3. The summed E-state index contributed by atoms with van der Waals surface area (Å²) < 4.78 is 22.7. The molecule has 116 valence electrons. The lowest BCUT2D eigenvalue weighted by atomic mass is 10.0. The highest BCUT2D eigenvalue weighted by molar-refractivity contribution is 7.91. The Hall–Kier alpha value is -0.990. The van der Waals surface area contributed by atoms with Crippen molar-refractivity contribution in [1.82, 2.24) is 9.88 Å². The Balaban J connectivity index is 1.53. The van der Waals surface area contributed by atoms with Crippen molar-refractivity contribution in [2.45, 2.75) is 25.7 Å². The zero-order valence-corrected chi connectivity index (χ0v) is 13.4. The van der Waals surface area contributed by atoms with Gasteiger partial charge < -0.3 is 5.32 Å². The van der Waals surface area contributed by atoms with Gasteiger partial charge in [0.1, 0.15) is 0 Å². The van der Waals surface area contributed by atoms with Gasteiger partial charge in [-0.3, -0.25) is 9.69 Å². The first-order chi connectivity index (χ1) is 10.0. The third kappa shape index (κ3) is 3.81. The maximum Gasteiger partial charge on any atom is 0.240 e. The van der Waals surface area contributed by atoms with E-state index in [4.69, 9.17) is 0 Å². The van der Waals surface area contributed by atoms with E-state index < -0.39 is 9.84 Å². The molecule has 0 bridgehead atoms. The van der Waals surface area contributed by atoms with Crippen molar-refractivity contribution in [2.75, 3.05) is 36.5 Å². The van der Waals surface area contributed by atoms with E-state index in [0.29, 0.717) is 18.2 Å². The number of carbonyl (C=O) groups excluding carboxylic acids is 1. The first-order valence-corrected chi connectivity index (χ1v) is 9.87. The number of hydrogen-bond donors (Lipinski definition) is 1. The van der Waals surface area contributed by atoms with Crippen LogP contribution >= 0.6 is 11.3 Å². The standard InChI is InChI=1S/C13H19N3O3S2/c17-12(9-16-5-7-21(18,19)8-6-16)15-13-14-10-3-1-2-4-11(10)20-13/h1-9H2,(H,14,15,17). The second-order valence-corrected chi connectivity index (χ2v) is 8.96. The largest absolute Gasteiger partial charge is 0.301 e. The summed E-state index contributed by atoms with van der Waals surface area (Å²) in [5.41, 5.74) is 1.13. The van der Waals surface area contributed by atoms with E-state index in [1.165, 1.54) is 17.7 Å². The van der Waals surface area contributed by atoms with Crippen LogP contribution in [-0.2, 0) is 27.5 Å². The van der Waals surface area contributed by atoms with E-state index in [0.717, 1.165) is 18.5 Å². The smallest absolute Gasteiger partial charge is 0.240 e. The van der Waals surface area contributed by atoms with Gasteiger partial charge in [0.2, 0.25) is 5.91 Å². The van der Waals surface area contributed by atoms with Crippen LogP contribution in [0.25, 0.3) is 0 Å². The highest BCUT2D eigenvalue weighted by Gasteiger charge is 2.23. The SMILES string of the molecule is O=C(CN1CCS(=O)(=O)CC1)Nc1nc2c(s1)CCCC2. The van der Waals surface area contributed by atoms with E-state index in [-0.39, 0.29) is 24.0 Å². The van der Waals surface area contributed by atoms with Crippen LogP contribution in [0.5, 0.6) is 0 Å². The van der Waals surface area contributed by atoms with E-state index in [2.05, 4.69) is 10.3 Å². The van der Waals surface area contributed by atoms with Gasteiger partial charge in [-0.05, 0) is 25.7 Å². The van der Waals surface area contributed by atoms with Gasteiger partial charge in [0.15, 0.2) is 15.0 Å². The average molecular weight is 329 g/mol. The van der Waals surface area contributed by atoms with Crippen LogP contribution in [0.15, 0.2) is 0 Å². The van der Waals surface area contributed by atoms with Crippen LogP contribution in [0.4, 0.5) is 5.13 Å². The molecular formula is C13H19N3O3S2. The highest BCUT2D eigenvalue weighted by atomic mass is 32.2. The summed E-state index contributed by atoms with van der Waals surface area (Å²) in [7, 11) is -2.90. The predicted octanol–water partition coefficient (Wildman–Crippen LogP) is 0.691. The third-order valence-electron chi connectivity index (χ3n) is 3.90. The number of fused-ring (bicyclic) bond motifs is 1. The van der Waals surface area contributed by atoms with Crippen LogP contribution in [0, 0.1) is 0 Å². The molecule has 0 saturated carbocycles. The van der Waals surface area contributed by atoms with Crippen molar-refractivity contribution >= 4 is 32.2 Å². The second kappa shape index (κ2) is 6.02. The lowest BCUT2D eigenvalue weighted by Gasteiger charge is -2.25. The fourth-order valence-corrected chi connectivity index (χ4v) is 5.02. The number of hydrogen-bond acceptors (Lipinski definition) is 6. The van der Waals surface area contributed by atoms with Crippen LogP contribution in [0.2, 0.25) is 0 Å². The number of thiazole rings is 1. The van der Waals surface area contributed by atoms with Gasteiger partial charge in [-0.15, -0.1) is 11.3 Å². The van der Waals surface area contributed by atoms with Gasteiger partial charge in [-0.25, -0.2) is 13.4 Å². The van der Waals surface area contributed by atoms with E-state index in [9.17, 15) is 13.2 Å². The molecule has 1 aromatic heterocycles. The van der Waals surface area contributed by atoms with Crippen molar-refractivity contribution in [3.8, 4) is 0 Å². The maximum absolute atomic E-state index is 12.0. The number of aromatic nitrogens is 1. The molecule has 1 N–H and O–H groups in total. The summed E-state index contributed by atoms with van der Waals surface area (Å²) in [4.78, 5) is 19.7. The van der Waals surface area contributed by atoms with Crippen LogP contribution in [0.1, 0.15) is 23.4 Å². The molecule has 1 aliphatic heterocycles. The van der Waals surface area contributed by atoms with E-state index in [1.807, 2.05) is 4.90 Å². The number of aryl methyl sites for hydroxylation is 2. The summed E-state index contributed by atoms with van der Waals surface area (Å²) in [5.74, 6) is 0.179. The maximum atomic E-state index is 12.0. The number of sulfone groups is 1. The predicted molar refractivity (Wildman–Crippen MR) is 82.5 cm³/mol. The molecule has 0 radical (unpaired) electrons. The van der Waals surface area contributed by atoms with Gasteiger partial charge in [0.05, 0.1) is 23.7 Å². The summed E-state index contributed by atoms with van der Waals surface area (Å²) in [6, 6.07) is 0. The van der Waals surface area contributed by atoms with E-state index in [1.54, 1.807) is 11.3 Å². The Kier molecular flexibility index (Phi) is 4.28. The summed E-state index contributed by atoms with van der Waals surface area (Å²) in [5, 5.41) is 3.52. The number of amides is 1. The van der Waals surface area contributed by atoms with Crippen molar-refractivity contribution < 1.29 is 13.2 Å². The molecule has 0 unspecified atom stereocenters. The fourth-order valence-electron chi connectivity index (χ4n) is 2.68. The minimum Gasteiger partial charge on any atom is -0.301 e. The van der Waals surface area contributed by atoms with Gasteiger partial charge in [-0.2, -0.15) is 0 Å². The Morgan fingerprint density at radius 3 is 2.67 bits per heavy atom. The lowest BCUT2D eigenvalue weighted by Crippen LogP contribution is -2.43. The van der Waals surface area contributed by atoms with Gasteiger partial charge >= 0.3 is 0 Å². The fraction of sp³-hybridized carbons (Fsp3) is 0.692. The number of nitrogens with zero attached hydrogens (tertiary/aromatic N) is 2. The summed E-state index contributed by atoms with van der Waals surface area (Å²) in [6.07, 6.45) is 4.44. The lowest BCUT2D eigenvalue weighted by molar-refractivity contribution is -0.117. The normalized spacial score (nSPS) is 21.7.